The van der Waals surface area contributed by atoms with Crippen molar-refractivity contribution in [1.82, 2.24) is 10.2 Å². The van der Waals surface area contributed by atoms with Crippen molar-refractivity contribution < 1.29 is 28.2 Å². The fourth-order valence-corrected chi connectivity index (χ4v) is 4.70. The monoisotopic (exact) mass is 526 g/mol. The molecule has 1 N–H and O–H groups in total. The molecule has 2 aromatic carbocycles. The van der Waals surface area contributed by atoms with Crippen LogP contribution >= 0.6 is 0 Å². The molecule has 1 amide bonds. The second-order valence-electron chi connectivity index (χ2n) is 10.7. The Hall–Kier alpha value is -3.26. The summed E-state index contributed by atoms with van der Waals surface area (Å²) in [6, 6.07) is 14.7. The molecule has 0 aliphatic carbocycles. The van der Waals surface area contributed by atoms with E-state index in [4.69, 9.17) is 9.47 Å². The molecule has 0 spiro atoms. The molecule has 1 aliphatic rings. The first-order valence-corrected chi connectivity index (χ1v) is 13.3. The van der Waals surface area contributed by atoms with E-state index in [0.29, 0.717) is 25.7 Å². The maximum absolute atomic E-state index is 13.7. The molecule has 1 aliphatic heterocycles. The van der Waals surface area contributed by atoms with Crippen LogP contribution in [-0.4, -0.2) is 60.1 Å². The van der Waals surface area contributed by atoms with Gasteiger partial charge in [0.25, 0.3) is 0 Å². The Kier molecular flexibility index (Phi) is 10.4. The lowest BCUT2D eigenvalue weighted by molar-refractivity contribution is -0.159. The highest BCUT2D eigenvalue weighted by molar-refractivity contribution is 5.87. The number of hydrogen-bond acceptors (Lipinski definition) is 6. The first-order chi connectivity index (χ1) is 18.1. The average molecular weight is 527 g/mol. The highest BCUT2D eigenvalue weighted by atomic mass is 19.1. The molecule has 0 bridgehead atoms. The minimum atomic E-state index is -0.688. The molecule has 2 aromatic rings. The van der Waals surface area contributed by atoms with Gasteiger partial charge in [0.05, 0.1) is 12.6 Å². The number of esters is 2. The van der Waals surface area contributed by atoms with Crippen molar-refractivity contribution in [2.45, 2.75) is 77.0 Å². The van der Waals surface area contributed by atoms with Crippen LogP contribution in [0.25, 0.3) is 0 Å². The Morgan fingerprint density at radius 3 is 2.39 bits per heavy atom. The number of nitrogens with zero attached hydrogens (tertiary/aromatic N) is 1. The molecule has 38 heavy (non-hydrogen) atoms. The fraction of sp³-hybridized carbons (Fsp3) is 0.500. The van der Waals surface area contributed by atoms with E-state index in [1.165, 1.54) is 17.0 Å². The predicted molar refractivity (Wildman–Crippen MR) is 143 cm³/mol. The summed E-state index contributed by atoms with van der Waals surface area (Å²) in [7, 11) is 0. The van der Waals surface area contributed by atoms with Crippen LogP contribution < -0.4 is 5.32 Å². The number of rotatable bonds is 10. The molecule has 0 aromatic heterocycles. The number of benzene rings is 2. The Morgan fingerprint density at radius 2 is 1.76 bits per heavy atom. The van der Waals surface area contributed by atoms with Gasteiger partial charge >= 0.3 is 11.9 Å². The maximum atomic E-state index is 13.7. The van der Waals surface area contributed by atoms with E-state index in [1.807, 2.05) is 30.3 Å². The minimum Gasteiger partial charge on any atom is -0.465 e. The highest BCUT2D eigenvalue weighted by Gasteiger charge is 2.36. The number of carbonyl (C=O) groups excluding carboxylic acids is 3. The minimum absolute atomic E-state index is 0.0980. The van der Waals surface area contributed by atoms with Crippen molar-refractivity contribution in [2.24, 2.45) is 0 Å². The maximum Gasteiger partial charge on any atom is 0.326 e. The summed E-state index contributed by atoms with van der Waals surface area (Å²) in [4.78, 5) is 40.7. The molecular formula is C30H39FN2O5. The second-order valence-corrected chi connectivity index (χ2v) is 10.7. The smallest absolute Gasteiger partial charge is 0.326 e. The van der Waals surface area contributed by atoms with E-state index >= 15 is 0 Å². The zero-order chi connectivity index (χ0) is 27.7. The van der Waals surface area contributed by atoms with Gasteiger partial charge in [-0.05, 0) is 76.6 Å². The van der Waals surface area contributed by atoms with E-state index in [9.17, 15) is 18.8 Å². The lowest BCUT2D eigenvalue weighted by Gasteiger charge is -2.29. The lowest BCUT2D eigenvalue weighted by atomic mass is 9.93. The third-order valence-electron chi connectivity index (χ3n) is 6.47. The Bertz CT molecular complexity index is 1070. The molecule has 1 saturated heterocycles. The SMILES string of the molecule is CCOC(=O)[C@H](CCc1ccccc1)N[C@H]1CC[C@H](c2ccc(F)cc2)CN(CC(=O)OC(C)(C)C)C1=O. The van der Waals surface area contributed by atoms with Gasteiger partial charge in [0.2, 0.25) is 5.91 Å². The molecule has 7 nitrogen and oxygen atoms in total. The van der Waals surface area contributed by atoms with Gasteiger partial charge in [-0.3, -0.25) is 19.7 Å². The summed E-state index contributed by atoms with van der Waals surface area (Å²) in [6.45, 7) is 7.39. The summed E-state index contributed by atoms with van der Waals surface area (Å²) in [5.74, 6) is -1.61. The van der Waals surface area contributed by atoms with Gasteiger partial charge in [0.15, 0.2) is 0 Å². The first-order valence-electron chi connectivity index (χ1n) is 13.3. The number of likely N-dealkylation sites (tertiary alicyclic amines) is 1. The number of halogens is 1. The van der Waals surface area contributed by atoms with Gasteiger partial charge in [-0.1, -0.05) is 42.5 Å². The molecule has 1 fully saturated rings. The Morgan fingerprint density at radius 1 is 1.08 bits per heavy atom. The van der Waals surface area contributed by atoms with Crippen LogP contribution in [0.15, 0.2) is 54.6 Å². The number of hydrogen-bond donors (Lipinski definition) is 1. The number of carbonyl (C=O) groups is 3. The van der Waals surface area contributed by atoms with Gasteiger partial charge in [-0.15, -0.1) is 0 Å². The van der Waals surface area contributed by atoms with Gasteiger partial charge in [0.1, 0.15) is 24.0 Å². The lowest BCUT2D eigenvalue weighted by Crippen LogP contribution is -2.53. The van der Waals surface area contributed by atoms with Crippen molar-refractivity contribution in [3.05, 3.63) is 71.5 Å². The van der Waals surface area contributed by atoms with Crippen molar-refractivity contribution in [3.8, 4) is 0 Å². The van der Waals surface area contributed by atoms with E-state index in [-0.39, 0.29) is 37.3 Å². The number of ether oxygens (including phenoxy) is 2. The Labute approximate surface area is 224 Å². The van der Waals surface area contributed by atoms with Crippen molar-refractivity contribution in [2.75, 3.05) is 19.7 Å². The van der Waals surface area contributed by atoms with Crippen molar-refractivity contribution in [3.63, 3.8) is 0 Å². The number of amides is 1. The number of aryl methyl sites for hydroxylation is 1. The van der Waals surface area contributed by atoms with Crippen LogP contribution in [0, 0.1) is 5.82 Å². The topological polar surface area (TPSA) is 84.9 Å². The van der Waals surface area contributed by atoms with Gasteiger partial charge in [0, 0.05) is 12.5 Å². The van der Waals surface area contributed by atoms with Crippen LogP contribution in [0.5, 0.6) is 0 Å². The van der Waals surface area contributed by atoms with E-state index in [0.717, 1.165) is 11.1 Å². The van der Waals surface area contributed by atoms with E-state index in [2.05, 4.69) is 5.32 Å². The van der Waals surface area contributed by atoms with Crippen molar-refractivity contribution in [1.29, 1.82) is 0 Å². The largest absolute Gasteiger partial charge is 0.465 e. The molecule has 8 heteroatoms. The molecule has 0 radical (unpaired) electrons. The molecule has 206 valence electrons. The van der Waals surface area contributed by atoms with Crippen LogP contribution in [-0.2, 0) is 30.3 Å². The highest BCUT2D eigenvalue weighted by Crippen LogP contribution is 2.28. The summed E-state index contributed by atoms with van der Waals surface area (Å²) in [5.41, 5.74) is 1.28. The standard InChI is InChI=1S/C30H39FN2O5/c1-5-37-29(36)26(17-11-21-9-7-6-8-10-21)32-25-18-14-23(22-12-15-24(31)16-13-22)19-33(28(25)35)20-27(34)38-30(2,3)4/h6-10,12-13,15-16,23,25-26,32H,5,11,14,17-20H2,1-4H3/t23-,25-,26-/m0/s1. The third kappa shape index (κ3) is 8.94. The zero-order valence-corrected chi connectivity index (χ0v) is 22.7. The van der Waals surface area contributed by atoms with Crippen molar-refractivity contribution >= 4 is 17.8 Å². The van der Waals surface area contributed by atoms with Crippen LogP contribution in [0.4, 0.5) is 4.39 Å². The summed E-state index contributed by atoms with van der Waals surface area (Å²) < 4.78 is 24.4. The molecule has 3 rings (SSSR count). The van der Waals surface area contributed by atoms with Gasteiger partial charge < -0.3 is 14.4 Å². The normalized spacial score (nSPS) is 19.0. The first kappa shape index (κ1) is 29.3. The molecular weight excluding hydrogens is 487 g/mol. The van der Waals surface area contributed by atoms with Gasteiger partial charge in [-0.2, -0.15) is 0 Å². The quantitative estimate of drug-likeness (QED) is 0.462. The average Bonchev–Trinajstić information content (AvgIpc) is 3.00. The predicted octanol–water partition coefficient (Wildman–Crippen LogP) is 4.40. The van der Waals surface area contributed by atoms with E-state index in [1.54, 1.807) is 39.8 Å². The summed E-state index contributed by atoms with van der Waals surface area (Å²) >= 11 is 0. The summed E-state index contributed by atoms with van der Waals surface area (Å²) in [6.07, 6.45) is 2.17. The second kappa shape index (κ2) is 13.5. The molecule has 0 unspecified atom stereocenters. The van der Waals surface area contributed by atoms with Crippen LogP contribution in [0.2, 0.25) is 0 Å². The zero-order valence-electron chi connectivity index (χ0n) is 22.7. The fourth-order valence-electron chi connectivity index (χ4n) is 4.70. The van der Waals surface area contributed by atoms with Gasteiger partial charge in [-0.25, -0.2) is 4.39 Å². The van der Waals surface area contributed by atoms with E-state index < -0.39 is 29.6 Å². The summed E-state index contributed by atoms with van der Waals surface area (Å²) in [5, 5.41) is 3.26. The number of nitrogens with one attached hydrogen (secondary N) is 1. The Balaban J connectivity index is 1.81. The molecule has 3 atom stereocenters. The van der Waals surface area contributed by atoms with Crippen LogP contribution in [0.3, 0.4) is 0 Å². The third-order valence-corrected chi connectivity index (χ3v) is 6.47. The molecule has 1 heterocycles. The van der Waals surface area contributed by atoms with Crippen LogP contribution in [0.1, 0.15) is 64.0 Å². The molecule has 0 saturated carbocycles.